The summed E-state index contributed by atoms with van der Waals surface area (Å²) in [6.07, 6.45) is -3.85. The molecule has 34 heavy (non-hydrogen) atoms. The molecule has 2 aromatic heterocycles. The van der Waals surface area contributed by atoms with Crippen molar-refractivity contribution in [3.8, 4) is 5.69 Å². The minimum atomic E-state index is -4.73. The first kappa shape index (κ1) is 23.4. The number of aryl methyl sites for hydroxylation is 2. The normalized spacial score (nSPS) is 11.6. The number of aromatic nitrogens is 3. The van der Waals surface area contributed by atoms with Gasteiger partial charge in [-0.25, -0.2) is 9.07 Å². The number of fused-ring (bicyclic) bond motifs is 1. The second-order valence-electron chi connectivity index (χ2n) is 7.52. The number of pyridine rings is 1. The highest BCUT2D eigenvalue weighted by molar-refractivity contribution is 6.30. The van der Waals surface area contributed by atoms with Gasteiger partial charge in [-0.15, -0.1) is 0 Å². The predicted octanol–water partition coefficient (Wildman–Crippen LogP) is 5.46. The molecule has 4 aromatic rings. The zero-order valence-electron chi connectivity index (χ0n) is 17.7. The lowest BCUT2D eigenvalue weighted by Crippen LogP contribution is -2.27. The summed E-state index contributed by atoms with van der Waals surface area (Å²) in [4.78, 5) is 29.3. The SMILES string of the molecule is Cc1cc2c(=O)c(C(=O)Nc3ccnc(C(F)(F)F)c3)nn(-c3ccc(Cl)cc3F)c2cc1C. The average molecular weight is 491 g/mol. The molecule has 4 rings (SSSR count). The molecule has 1 N–H and O–H groups in total. The number of hydrogen-bond acceptors (Lipinski definition) is 4. The third kappa shape index (κ3) is 4.36. The zero-order valence-corrected chi connectivity index (χ0v) is 18.4. The fourth-order valence-electron chi connectivity index (χ4n) is 3.32. The smallest absolute Gasteiger partial charge is 0.320 e. The second kappa shape index (κ2) is 8.53. The lowest BCUT2D eigenvalue weighted by molar-refractivity contribution is -0.141. The number of hydrogen-bond donors (Lipinski definition) is 1. The van der Waals surface area contributed by atoms with Gasteiger partial charge in [0.1, 0.15) is 17.2 Å². The number of benzene rings is 2. The van der Waals surface area contributed by atoms with Crippen LogP contribution in [0.4, 0.5) is 23.2 Å². The van der Waals surface area contributed by atoms with Gasteiger partial charge in [0.25, 0.3) is 5.91 Å². The van der Waals surface area contributed by atoms with E-state index < -0.39 is 34.7 Å². The molecule has 0 aliphatic carbocycles. The molecule has 0 bridgehead atoms. The van der Waals surface area contributed by atoms with Crippen LogP contribution in [0.3, 0.4) is 0 Å². The van der Waals surface area contributed by atoms with Crippen LogP contribution in [0.25, 0.3) is 16.6 Å². The molecule has 11 heteroatoms. The number of rotatable bonds is 3. The molecule has 0 unspecified atom stereocenters. The quantitative estimate of drug-likeness (QED) is 0.387. The van der Waals surface area contributed by atoms with E-state index in [9.17, 15) is 27.2 Å². The lowest BCUT2D eigenvalue weighted by atomic mass is 10.1. The maximum Gasteiger partial charge on any atom is 0.433 e. The molecule has 0 spiro atoms. The molecule has 0 fully saturated rings. The van der Waals surface area contributed by atoms with Gasteiger partial charge in [-0.2, -0.15) is 18.3 Å². The van der Waals surface area contributed by atoms with Gasteiger partial charge >= 0.3 is 6.18 Å². The van der Waals surface area contributed by atoms with E-state index in [4.69, 9.17) is 11.6 Å². The summed E-state index contributed by atoms with van der Waals surface area (Å²) >= 11 is 5.84. The number of carbonyl (C=O) groups is 1. The van der Waals surface area contributed by atoms with Crippen molar-refractivity contribution in [3.63, 3.8) is 0 Å². The average Bonchev–Trinajstić information content (AvgIpc) is 2.75. The summed E-state index contributed by atoms with van der Waals surface area (Å²) in [5.74, 6) is -1.81. The Balaban J connectivity index is 1.90. The minimum absolute atomic E-state index is 0.0741. The summed E-state index contributed by atoms with van der Waals surface area (Å²) in [7, 11) is 0. The Morgan fingerprint density at radius 3 is 2.44 bits per heavy atom. The van der Waals surface area contributed by atoms with Crippen LogP contribution in [0.1, 0.15) is 27.3 Å². The molecule has 2 aromatic carbocycles. The van der Waals surface area contributed by atoms with Gasteiger partial charge in [-0.1, -0.05) is 11.6 Å². The van der Waals surface area contributed by atoms with Gasteiger partial charge in [0, 0.05) is 16.9 Å². The van der Waals surface area contributed by atoms with Crippen LogP contribution in [-0.2, 0) is 6.18 Å². The zero-order chi connectivity index (χ0) is 24.8. The van der Waals surface area contributed by atoms with Gasteiger partial charge in [0.05, 0.1) is 10.9 Å². The molecule has 174 valence electrons. The molecule has 0 atom stereocenters. The number of anilines is 1. The highest BCUT2D eigenvalue weighted by Gasteiger charge is 2.32. The molecule has 0 aliphatic heterocycles. The van der Waals surface area contributed by atoms with Crippen molar-refractivity contribution < 1.29 is 22.4 Å². The highest BCUT2D eigenvalue weighted by atomic mass is 35.5. The molecule has 1 amide bonds. The van der Waals surface area contributed by atoms with Crippen molar-refractivity contribution in [2.75, 3.05) is 5.32 Å². The molecular weight excluding hydrogens is 476 g/mol. The fourth-order valence-corrected chi connectivity index (χ4v) is 3.48. The summed E-state index contributed by atoms with van der Waals surface area (Å²) in [5.41, 5.74) is -1.13. The van der Waals surface area contributed by atoms with E-state index in [1.807, 2.05) is 0 Å². The topological polar surface area (TPSA) is 76.9 Å². The maximum absolute atomic E-state index is 14.7. The van der Waals surface area contributed by atoms with Crippen LogP contribution in [0.15, 0.2) is 53.5 Å². The van der Waals surface area contributed by atoms with E-state index in [1.165, 1.54) is 12.1 Å². The number of nitrogens with one attached hydrogen (secondary N) is 1. The van der Waals surface area contributed by atoms with Crippen molar-refractivity contribution in [3.05, 3.63) is 92.2 Å². The third-order valence-corrected chi connectivity index (χ3v) is 5.40. The Morgan fingerprint density at radius 2 is 1.76 bits per heavy atom. The Kier molecular flexibility index (Phi) is 5.86. The van der Waals surface area contributed by atoms with Crippen molar-refractivity contribution in [1.82, 2.24) is 14.8 Å². The first-order valence-corrected chi connectivity index (χ1v) is 10.2. The Bertz CT molecular complexity index is 1520. The number of alkyl halides is 3. The number of halogens is 5. The van der Waals surface area contributed by atoms with E-state index in [0.717, 1.165) is 34.1 Å². The van der Waals surface area contributed by atoms with Gasteiger partial charge in [-0.3, -0.25) is 14.6 Å². The summed E-state index contributed by atoms with van der Waals surface area (Å²) in [5, 5.41) is 6.53. The number of nitrogens with zero attached hydrogens (tertiary/aromatic N) is 3. The molecular formula is C23H15ClF4N4O2. The molecule has 0 saturated carbocycles. The van der Waals surface area contributed by atoms with Crippen LogP contribution in [0, 0.1) is 19.7 Å². The lowest BCUT2D eigenvalue weighted by Gasteiger charge is -2.15. The number of amides is 1. The molecule has 6 nitrogen and oxygen atoms in total. The predicted molar refractivity (Wildman–Crippen MR) is 119 cm³/mol. The van der Waals surface area contributed by atoms with E-state index >= 15 is 0 Å². The first-order valence-electron chi connectivity index (χ1n) is 9.80. The van der Waals surface area contributed by atoms with Gasteiger partial charge in [-0.05, 0) is 67.4 Å². The molecule has 2 heterocycles. The van der Waals surface area contributed by atoms with E-state index in [2.05, 4.69) is 15.4 Å². The minimum Gasteiger partial charge on any atom is -0.320 e. The van der Waals surface area contributed by atoms with Crippen LogP contribution >= 0.6 is 11.6 Å². The summed E-state index contributed by atoms with van der Waals surface area (Å²) < 4.78 is 54.7. The van der Waals surface area contributed by atoms with Crippen molar-refractivity contribution in [2.45, 2.75) is 20.0 Å². The van der Waals surface area contributed by atoms with Crippen molar-refractivity contribution in [1.29, 1.82) is 0 Å². The fraction of sp³-hybridized carbons (Fsp3) is 0.130. The first-order chi connectivity index (χ1) is 16.0. The highest BCUT2D eigenvalue weighted by Crippen LogP contribution is 2.29. The Hall–Kier alpha value is -3.79. The second-order valence-corrected chi connectivity index (χ2v) is 7.96. The van der Waals surface area contributed by atoms with Crippen molar-refractivity contribution >= 4 is 34.1 Å². The van der Waals surface area contributed by atoms with Crippen LogP contribution in [0.2, 0.25) is 5.02 Å². The van der Waals surface area contributed by atoms with Crippen LogP contribution < -0.4 is 10.7 Å². The monoisotopic (exact) mass is 490 g/mol. The molecule has 0 aliphatic rings. The van der Waals surface area contributed by atoms with E-state index in [0.29, 0.717) is 6.07 Å². The summed E-state index contributed by atoms with van der Waals surface area (Å²) in [6, 6.07) is 8.76. The Morgan fingerprint density at radius 1 is 1.06 bits per heavy atom. The number of carbonyl (C=O) groups excluding carboxylic acids is 1. The maximum atomic E-state index is 14.7. The Labute approximate surface area is 194 Å². The summed E-state index contributed by atoms with van der Waals surface area (Å²) in [6.45, 7) is 3.56. The van der Waals surface area contributed by atoms with Gasteiger partial charge < -0.3 is 5.32 Å². The third-order valence-electron chi connectivity index (χ3n) is 5.16. The van der Waals surface area contributed by atoms with Crippen LogP contribution in [0.5, 0.6) is 0 Å². The molecule has 0 saturated heterocycles. The van der Waals surface area contributed by atoms with Crippen molar-refractivity contribution in [2.24, 2.45) is 0 Å². The van der Waals surface area contributed by atoms with E-state index in [-0.39, 0.29) is 27.3 Å². The molecule has 0 radical (unpaired) electrons. The van der Waals surface area contributed by atoms with Crippen LogP contribution in [-0.4, -0.2) is 20.7 Å². The standard InChI is InChI=1S/C23H15ClF4N4O2/c1-11-7-15-18(8-12(11)2)32(17-4-3-13(24)9-16(17)25)31-20(21(15)33)22(34)30-14-5-6-29-19(10-14)23(26,27)28/h3-10H,1-2H3,(H,29,30,34). The van der Waals surface area contributed by atoms with Gasteiger partial charge in [0.15, 0.2) is 5.69 Å². The van der Waals surface area contributed by atoms with Gasteiger partial charge in [0.2, 0.25) is 5.43 Å². The van der Waals surface area contributed by atoms with E-state index in [1.54, 1.807) is 26.0 Å². The largest absolute Gasteiger partial charge is 0.433 e.